The maximum absolute atomic E-state index is 12.0. The molecule has 1 aromatic carbocycles. The van der Waals surface area contributed by atoms with Crippen LogP contribution in [0.2, 0.25) is 0 Å². The summed E-state index contributed by atoms with van der Waals surface area (Å²) in [6, 6.07) is 9.28. The molecule has 0 bridgehead atoms. The first kappa shape index (κ1) is 14.3. The van der Waals surface area contributed by atoms with Gasteiger partial charge in [-0.25, -0.2) is 4.68 Å². The third-order valence-electron chi connectivity index (χ3n) is 2.89. The van der Waals surface area contributed by atoms with Gasteiger partial charge in [0.25, 0.3) is 5.91 Å². The van der Waals surface area contributed by atoms with E-state index in [4.69, 9.17) is 0 Å². The SMILES string of the molecule is CCCNCCNC(=O)c1cccc(-n2cccn2)c1. The molecule has 0 spiro atoms. The molecule has 5 heteroatoms. The highest BCUT2D eigenvalue weighted by molar-refractivity contribution is 5.94. The van der Waals surface area contributed by atoms with E-state index in [9.17, 15) is 4.79 Å². The number of benzene rings is 1. The van der Waals surface area contributed by atoms with Crippen molar-refractivity contribution >= 4 is 5.91 Å². The van der Waals surface area contributed by atoms with Gasteiger partial charge >= 0.3 is 0 Å². The minimum atomic E-state index is -0.0581. The second-order valence-electron chi connectivity index (χ2n) is 4.51. The highest BCUT2D eigenvalue weighted by atomic mass is 16.1. The molecular weight excluding hydrogens is 252 g/mol. The van der Waals surface area contributed by atoms with Crippen LogP contribution in [0.1, 0.15) is 23.7 Å². The van der Waals surface area contributed by atoms with Crippen molar-refractivity contribution < 1.29 is 4.79 Å². The Kier molecular flexibility index (Phi) is 5.32. The number of carbonyl (C=O) groups is 1. The lowest BCUT2D eigenvalue weighted by Crippen LogP contribution is -2.32. The van der Waals surface area contributed by atoms with E-state index in [2.05, 4.69) is 22.7 Å². The van der Waals surface area contributed by atoms with Gasteiger partial charge in [-0.2, -0.15) is 5.10 Å². The van der Waals surface area contributed by atoms with Gasteiger partial charge in [-0.3, -0.25) is 4.79 Å². The number of nitrogens with one attached hydrogen (secondary N) is 2. The Bertz CT molecular complexity index is 537. The number of nitrogens with zero attached hydrogens (tertiary/aromatic N) is 2. The van der Waals surface area contributed by atoms with E-state index in [-0.39, 0.29) is 5.91 Å². The lowest BCUT2D eigenvalue weighted by molar-refractivity contribution is 0.0954. The molecule has 1 aromatic heterocycles. The molecule has 0 aliphatic heterocycles. The van der Waals surface area contributed by atoms with Gasteiger partial charge in [-0.15, -0.1) is 0 Å². The zero-order chi connectivity index (χ0) is 14.2. The molecule has 1 heterocycles. The average Bonchev–Trinajstić information content (AvgIpc) is 3.01. The number of rotatable bonds is 7. The van der Waals surface area contributed by atoms with Crippen molar-refractivity contribution in [1.29, 1.82) is 0 Å². The van der Waals surface area contributed by atoms with Crippen LogP contribution in [0.3, 0.4) is 0 Å². The molecule has 2 rings (SSSR count). The van der Waals surface area contributed by atoms with E-state index in [1.54, 1.807) is 10.9 Å². The maximum atomic E-state index is 12.0. The van der Waals surface area contributed by atoms with E-state index in [0.29, 0.717) is 12.1 Å². The topological polar surface area (TPSA) is 58.9 Å². The summed E-state index contributed by atoms with van der Waals surface area (Å²) >= 11 is 0. The Hall–Kier alpha value is -2.14. The Morgan fingerprint density at radius 2 is 2.15 bits per heavy atom. The predicted molar refractivity (Wildman–Crippen MR) is 79.1 cm³/mol. The highest BCUT2D eigenvalue weighted by Crippen LogP contribution is 2.09. The molecule has 0 unspecified atom stereocenters. The quantitative estimate of drug-likeness (QED) is 0.753. The first-order valence-corrected chi connectivity index (χ1v) is 6.90. The molecule has 2 N–H and O–H groups in total. The molecule has 0 aliphatic rings. The second-order valence-corrected chi connectivity index (χ2v) is 4.51. The summed E-state index contributed by atoms with van der Waals surface area (Å²) in [5.74, 6) is -0.0581. The van der Waals surface area contributed by atoms with E-state index in [1.165, 1.54) is 0 Å². The Morgan fingerprint density at radius 3 is 2.90 bits per heavy atom. The van der Waals surface area contributed by atoms with Crippen molar-refractivity contribution in [1.82, 2.24) is 20.4 Å². The fraction of sp³-hybridized carbons (Fsp3) is 0.333. The smallest absolute Gasteiger partial charge is 0.251 e. The summed E-state index contributed by atoms with van der Waals surface area (Å²) in [5, 5.41) is 10.3. The second kappa shape index (κ2) is 7.45. The predicted octanol–water partition coefficient (Wildman–Crippen LogP) is 1.60. The van der Waals surface area contributed by atoms with E-state index in [0.717, 1.165) is 25.2 Å². The van der Waals surface area contributed by atoms with Crippen LogP contribution in [0.5, 0.6) is 0 Å². The molecule has 2 aromatic rings. The molecule has 5 nitrogen and oxygen atoms in total. The van der Waals surface area contributed by atoms with E-state index in [1.807, 2.05) is 36.5 Å². The van der Waals surface area contributed by atoms with Gasteiger partial charge in [0.1, 0.15) is 0 Å². The molecule has 106 valence electrons. The average molecular weight is 272 g/mol. The van der Waals surface area contributed by atoms with Gasteiger partial charge in [0.05, 0.1) is 5.69 Å². The first-order chi connectivity index (χ1) is 9.81. The largest absolute Gasteiger partial charge is 0.351 e. The van der Waals surface area contributed by atoms with Crippen molar-refractivity contribution in [3.8, 4) is 5.69 Å². The number of carbonyl (C=O) groups excluding carboxylic acids is 1. The summed E-state index contributed by atoms with van der Waals surface area (Å²) in [4.78, 5) is 12.0. The zero-order valence-electron chi connectivity index (χ0n) is 11.7. The number of hydrogen-bond acceptors (Lipinski definition) is 3. The van der Waals surface area contributed by atoms with Gasteiger partial charge in [0.2, 0.25) is 0 Å². The zero-order valence-corrected chi connectivity index (χ0v) is 11.7. The van der Waals surface area contributed by atoms with Crippen molar-refractivity contribution in [2.45, 2.75) is 13.3 Å². The van der Waals surface area contributed by atoms with Crippen LogP contribution in [0.25, 0.3) is 5.69 Å². The fourth-order valence-electron chi connectivity index (χ4n) is 1.88. The minimum Gasteiger partial charge on any atom is -0.351 e. The number of aromatic nitrogens is 2. The Labute approximate surface area is 119 Å². The van der Waals surface area contributed by atoms with Crippen LogP contribution in [0.15, 0.2) is 42.7 Å². The molecule has 0 radical (unpaired) electrons. The highest BCUT2D eigenvalue weighted by Gasteiger charge is 2.06. The molecule has 20 heavy (non-hydrogen) atoms. The lowest BCUT2D eigenvalue weighted by Gasteiger charge is -2.07. The van der Waals surface area contributed by atoms with E-state index >= 15 is 0 Å². The molecule has 0 aliphatic carbocycles. The van der Waals surface area contributed by atoms with Gasteiger partial charge in [0, 0.05) is 31.0 Å². The summed E-state index contributed by atoms with van der Waals surface area (Å²) in [7, 11) is 0. The fourth-order valence-corrected chi connectivity index (χ4v) is 1.88. The molecule has 0 saturated heterocycles. The molecular formula is C15H20N4O. The van der Waals surface area contributed by atoms with Crippen LogP contribution in [0, 0.1) is 0 Å². The summed E-state index contributed by atoms with van der Waals surface area (Å²) in [6.07, 6.45) is 4.66. The van der Waals surface area contributed by atoms with Crippen LogP contribution in [-0.2, 0) is 0 Å². The maximum Gasteiger partial charge on any atom is 0.251 e. The summed E-state index contributed by atoms with van der Waals surface area (Å²) in [6.45, 7) is 4.51. The number of amides is 1. The summed E-state index contributed by atoms with van der Waals surface area (Å²) < 4.78 is 1.74. The molecule has 1 amide bonds. The molecule has 0 saturated carbocycles. The van der Waals surface area contributed by atoms with Crippen molar-refractivity contribution in [2.24, 2.45) is 0 Å². The lowest BCUT2D eigenvalue weighted by atomic mass is 10.2. The van der Waals surface area contributed by atoms with Crippen molar-refractivity contribution in [2.75, 3.05) is 19.6 Å². The van der Waals surface area contributed by atoms with E-state index < -0.39 is 0 Å². The van der Waals surface area contributed by atoms with Gasteiger partial charge in [0.15, 0.2) is 0 Å². The Balaban J connectivity index is 1.92. The van der Waals surface area contributed by atoms with Crippen LogP contribution >= 0.6 is 0 Å². The van der Waals surface area contributed by atoms with Crippen LogP contribution < -0.4 is 10.6 Å². The minimum absolute atomic E-state index is 0.0581. The molecule has 0 fully saturated rings. The van der Waals surface area contributed by atoms with Crippen LogP contribution in [0.4, 0.5) is 0 Å². The van der Waals surface area contributed by atoms with Crippen LogP contribution in [-0.4, -0.2) is 35.3 Å². The van der Waals surface area contributed by atoms with Gasteiger partial charge in [-0.1, -0.05) is 13.0 Å². The van der Waals surface area contributed by atoms with Gasteiger partial charge < -0.3 is 10.6 Å². The van der Waals surface area contributed by atoms with Crippen molar-refractivity contribution in [3.05, 3.63) is 48.3 Å². The van der Waals surface area contributed by atoms with Gasteiger partial charge in [-0.05, 0) is 37.2 Å². The standard InChI is InChI=1S/C15H20N4O/c1-2-7-16-9-10-17-15(20)13-5-3-6-14(12-13)19-11-4-8-18-19/h3-6,8,11-12,16H,2,7,9-10H2,1H3,(H,17,20). The normalized spacial score (nSPS) is 10.4. The monoisotopic (exact) mass is 272 g/mol. The summed E-state index contributed by atoms with van der Waals surface area (Å²) in [5.41, 5.74) is 1.53. The third kappa shape index (κ3) is 3.93. The number of hydrogen-bond donors (Lipinski definition) is 2. The Morgan fingerprint density at radius 1 is 1.25 bits per heavy atom. The molecule has 0 atom stereocenters. The third-order valence-corrected chi connectivity index (χ3v) is 2.89. The van der Waals surface area contributed by atoms with Crippen molar-refractivity contribution in [3.63, 3.8) is 0 Å². The first-order valence-electron chi connectivity index (χ1n) is 6.90.